The molecule has 164 valence electrons. The summed E-state index contributed by atoms with van der Waals surface area (Å²) >= 11 is 0. The van der Waals surface area contributed by atoms with E-state index >= 15 is 0 Å². The Labute approximate surface area is 178 Å². The lowest BCUT2D eigenvalue weighted by Gasteiger charge is -2.60. The average Bonchev–Trinajstić information content (AvgIpc) is 3.05. The van der Waals surface area contributed by atoms with Crippen molar-refractivity contribution < 1.29 is 9.90 Å². The van der Waals surface area contributed by atoms with Crippen LogP contribution in [0.4, 0.5) is 0 Å². The van der Waals surface area contributed by atoms with E-state index in [1.807, 2.05) is 0 Å². The zero-order valence-electron chi connectivity index (χ0n) is 19.4. The van der Waals surface area contributed by atoms with Crippen molar-refractivity contribution in [3.8, 4) is 0 Å². The van der Waals surface area contributed by atoms with Crippen LogP contribution in [0.25, 0.3) is 0 Å². The van der Waals surface area contributed by atoms with Gasteiger partial charge in [0.1, 0.15) is 6.29 Å². The Bertz CT molecular complexity index is 651. The predicted octanol–water partition coefficient (Wildman–Crippen LogP) is 6.71. The number of carbonyl (C=O) groups is 1. The van der Waals surface area contributed by atoms with Gasteiger partial charge in [-0.1, -0.05) is 52.0 Å². The number of hydrogen-bond donors (Lipinski definition) is 1. The molecule has 4 aliphatic carbocycles. The minimum Gasteiger partial charge on any atom is -0.389 e. The maximum atomic E-state index is 12.8. The standard InChI is InChI=1S/C27H44O2/c1-5-6-7-8-9-20-10-12-23-21-11-13-22-19(3)25(29)16-18(2)27(22,17-28)24(21)14-15-26(20,23)4/h17-18,20-21,23-25,29H,5-16H2,1-4H3/t18?,20-,21+,23+,24+,25+,26-,27+/m1/s1. The quantitative estimate of drug-likeness (QED) is 0.305. The van der Waals surface area contributed by atoms with Gasteiger partial charge in [0.05, 0.1) is 11.5 Å². The van der Waals surface area contributed by atoms with E-state index in [0.717, 1.165) is 30.3 Å². The minimum atomic E-state index is -0.336. The topological polar surface area (TPSA) is 37.3 Å². The summed E-state index contributed by atoms with van der Waals surface area (Å²) in [5.41, 5.74) is 2.68. The molecule has 1 N–H and O–H groups in total. The van der Waals surface area contributed by atoms with Crippen molar-refractivity contribution in [1.29, 1.82) is 0 Å². The Morgan fingerprint density at radius 2 is 1.90 bits per heavy atom. The number of rotatable bonds is 6. The summed E-state index contributed by atoms with van der Waals surface area (Å²) in [6.45, 7) is 9.25. The first kappa shape index (κ1) is 21.6. The Kier molecular flexibility index (Phi) is 6.06. The number of fused-ring (bicyclic) bond motifs is 5. The monoisotopic (exact) mass is 400 g/mol. The zero-order chi connectivity index (χ0) is 20.8. The lowest BCUT2D eigenvalue weighted by molar-refractivity contribution is -0.133. The van der Waals surface area contributed by atoms with Crippen molar-refractivity contribution in [2.75, 3.05) is 0 Å². The normalized spacial score (nSPS) is 46.8. The number of aldehydes is 1. The van der Waals surface area contributed by atoms with Crippen LogP contribution in [-0.4, -0.2) is 17.5 Å². The van der Waals surface area contributed by atoms with Crippen LogP contribution in [0.5, 0.6) is 0 Å². The Morgan fingerprint density at radius 1 is 1.10 bits per heavy atom. The first-order valence-electron chi connectivity index (χ1n) is 12.7. The smallest absolute Gasteiger partial charge is 0.130 e. The van der Waals surface area contributed by atoms with Gasteiger partial charge in [0.2, 0.25) is 0 Å². The van der Waals surface area contributed by atoms with Gasteiger partial charge in [-0.05, 0) is 98.9 Å². The van der Waals surface area contributed by atoms with Gasteiger partial charge in [0.15, 0.2) is 0 Å². The van der Waals surface area contributed by atoms with Crippen LogP contribution in [0.3, 0.4) is 0 Å². The first-order valence-corrected chi connectivity index (χ1v) is 12.7. The lowest BCUT2D eigenvalue weighted by atomic mass is 9.44. The van der Waals surface area contributed by atoms with Crippen molar-refractivity contribution in [3.05, 3.63) is 11.1 Å². The lowest BCUT2D eigenvalue weighted by Crippen LogP contribution is -2.55. The number of allylic oxidation sites excluding steroid dienone is 1. The van der Waals surface area contributed by atoms with Crippen LogP contribution in [0, 0.1) is 40.4 Å². The van der Waals surface area contributed by atoms with Crippen molar-refractivity contribution in [2.45, 2.75) is 111 Å². The molecular weight excluding hydrogens is 356 g/mol. The maximum absolute atomic E-state index is 12.8. The fourth-order valence-electron chi connectivity index (χ4n) is 8.82. The number of aliphatic hydroxyl groups excluding tert-OH is 1. The van der Waals surface area contributed by atoms with E-state index in [2.05, 4.69) is 27.7 Å². The first-order chi connectivity index (χ1) is 13.9. The summed E-state index contributed by atoms with van der Waals surface area (Å²) in [5, 5.41) is 10.6. The fraction of sp³-hybridized carbons (Fsp3) is 0.889. The number of hydrogen-bond acceptors (Lipinski definition) is 2. The molecule has 1 unspecified atom stereocenters. The molecule has 0 amide bonds. The zero-order valence-corrected chi connectivity index (χ0v) is 19.4. The van der Waals surface area contributed by atoms with Gasteiger partial charge in [0.25, 0.3) is 0 Å². The van der Waals surface area contributed by atoms with E-state index in [4.69, 9.17) is 0 Å². The largest absolute Gasteiger partial charge is 0.389 e. The summed E-state index contributed by atoms with van der Waals surface area (Å²) in [7, 11) is 0. The molecule has 3 fully saturated rings. The van der Waals surface area contributed by atoms with Gasteiger partial charge in [-0.25, -0.2) is 0 Å². The molecule has 8 atom stereocenters. The molecule has 0 aromatic carbocycles. The molecular formula is C27H44O2. The highest BCUT2D eigenvalue weighted by atomic mass is 16.3. The summed E-state index contributed by atoms with van der Waals surface area (Å²) in [4.78, 5) is 12.8. The molecule has 0 spiro atoms. The van der Waals surface area contributed by atoms with Crippen LogP contribution in [0.2, 0.25) is 0 Å². The number of aliphatic hydroxyl groups is 1. The van der Waals surface area contributed by atoms with Gasteiger partial charge < -0.3 is 9.90 Å². The average molecular weight is 401 g/mol. The van der Waals surface area contributed by atoms with Crippen molar-refractivity contribution in [2.24, 2.45) is 40.4 Å². The van der Waals surface area contributed by atoms with Crippen molar-refractivity contribution in [1.82, 2.24) is 0 Å². The molecule has 0 radical (unpaired) electrons. The molecule has 0 heterocycles. The third kappa shape index (κ3) is 3.19. The van der Waals surface area contributed by atoms with Crippen LogP contribution in [0.1, 0.15) is 105 Å². The number of unbranched alkanes of at least 4 members (excludes halogenated alkanes) is 3. The van der Waals surface area contributed by atoms with E-state index in [9.17, 15) is 9.90 Å². The minimum absolute atomic E-state index is 0.275. The molecule has 0 aromatic rings. The third-order valence-electron chi connectivity index (χ3n) is 10.5. The van der Waals surface area contributed by atoms with Crippen LogP contribution >= 0.6 is 0 Å². The van der Waals surface area contributed by atoms with Gasteiger partial charge in [0, 0.05) is 0 Å². The van der Waals surface area contributed by atoms with Crippen molar-refractivity contribution in [3.63, 3.8) is 0 Å². The molecule has 0 aliphatic heterocycles. The van der Waals surface area contributed by atoms with Gasteiger partial charge in [-0.2, -0.15) is 0 Å². The molecule has 29 heavy (non-hydrogen) atoms. The second kappa shape index (κ2) is 8.13. The van der Waals surface area contributed by atoms with Gasteiger partial charge >= 0.3 is 0 Å². The molecule has 0 bridgehead atoms. The Balaban J connectivity index is 1.58. The summed E-state index contributed by atoms with van der Waals surface area (Å²) < 4.78 is 0. The number of carbonyl (C=O) groups excluding carboxylic acids is 1. The second-order valence-corrected chi connectivity index (χ2v) is 11.4. The van der Waals surface area contributed by atoms with Gasteiger partial charge in [-0.3, -0.25) is 0 Å². The predicted molar refractivity (Wildman–Crippen MR) is 120 cm³/mol. The van der Waals surface area contributed by atoms with Crippen molar-refractivity contribution >= 4 is 6.29 Å². The molecule has 0 aromatic heterocycles. The second-order valence-electron chi connectivity index (χ2n) is 11.4. The molecule has 2 heteroatoms. The van der Waals surface area contributed by atoms with E-state index in [0.29, 0.717) is 17.3 Å². The SMILES string of the molecule is CCCCCC[C@@H]1CC[C@H]2[C@@H]3CCC4=C(C)[C@@H](O)CC(C)[C@]4(C=O)[C@H]3CC[C@]12C. The van der Waals surface area contributed by atoms with E-state index in [1.54, 1.807) is 0 Å². The van der Waals surface area contributed by atoms with Crippen LogP contribution < -0.4 is 0 Å². The fourth-order valence-corrected chi connectivity index (χ4v) is 8.82. The summed E-state index contributed by atoms with van der Waals surface area (Å²) in [6.07, 6.45) is 16.4. The summed E-state index contributed by atoms with van der Waals surface area (Å²) in [5.74, 6) is 3.22. The molecule has 4 rings (SSSR count). The van der Waals surface area contributed by atoms with E-state index in [1.165, 1.54) is 76.1 Å². The Morgan fingerprint density at radius 3 is 2.62 bits per heavy atom. The highest BCUT2D eigenvalue weighted by Gasteiger charge is 2.62. The van der Waals surface area contributed by atoms with Crippen LogP contribution in [-0.2, 0) is 4.79 Å². The van der Waals surface area contributed by atoms with E-state index < -0.39 is 0 Å². The highest BCUT2D eigenvalue weighted by Crippen LogP contribution is 2.68. The molecule has 4 aliphatic rings. The third-order valence-corrected chi connectivity index (χ3v) is 10.5. The molecule has 2 nitrogen and oxygen atoms in total. The molecule has 3 saturated carbocycles. The highest BCUT2D eigenvalue weighted by molar-refractivity contribution is 5.69. The van der Waals surface area contributed by atoms with Crippen LogP contribution in [0.15, 0.2) is 11.1 Å². The Hall–Kier alpha value is -0.630. The summed E-state index contributed by atoms with van der Waals surface area (Å²) in [6, 6.07) is 0. The van der Waals surface area contributed by atoms with E-state index in [-0.39, 0.29) is 17.4 Å². The van der Waals surface area contributed by atoms with Gasteiger partial charge in [-0.15, -0.1) is 0 Å². The maximum Gasteiger partial charge on any atom is 0.130 e. The molecule has 0 saturated heterocycles.